The Hall–Kier alpha value is -3.46. The van der Waals surface area contributed by atoms with Gasteiger partial charge in [0.1, 0.15) is 6.04 Å². The number of carbonyl (C=O) groups excluding carboxylic acids is 2. The molecule has 156 valence electrons. The number of aliphatic hydroxyl groups excluding tert-OH is 1. The van der Waals surface area contributed by atoms with E-state index in [0.717, 1.165) is 17.5 Å². The molecule has 0 saturated carbocycles. The number of rotatable bonds is 6. The molecule has 9 heteroatoms. The standard InChI is InChI=1S/C21H18F3N3O3/c22-21(23,24)16-7-5-13(6-8-16)10-26-20(30)18(12-28)27-19(29)15-9-14-3-1-2-4-17(14)25-11-15/h1-9,11,18,28H,10,12H2,(H,26,30)(H,27,29). The van der Waals surface area contributed by atoms with Gasteiger partial charge in [0.05, 0.1) is 23.3 Å². The molecule has 0 saturated heterocycles. The highest BCUT2D eigenvalue weighted by atomic mass is 19.4. The first kappa shape index (κ1) is 21.3. The second kappa shape index (κ2) is 8.91. The zero-order chi connectivity index (χ0) is 21.7. The van der Waals surface area contributed by atoms with Crippen LogP contribution in [0.2, 0.25) is 0 Å². The largest absolute Gasteiger partial charge is 0.416 e. The van der Waals surface area contributed by atoms with Crippen LogP contribution in [0.15, 0.2) is 60.8 Å². The molecule has 3 rings (SSSR count). The van der Waals surface area contributed by atoms with Gasteiger partial charge in [0.2, 0.25) is 5.91 Å². The van der Waals surface area contributed by atoms with Crippen molar-refractivity contribution in [1.82, 2.24) is 15.6 Å². The van der Waals surface area contributed by atoms with E-state index >= 15 is 0 Å². The number of hydrogen-bond acceptors (Lipinski definition) is 4. The van der Waals surface area contributed by atoms with Crippen molar-refractivity contribution in [3.8, 4) is 0 Å². The Labute approximate surface area is 169 Å². The summed E-state index contributed by atoms with van der Waals surface area (Å²) in [6, 6.07) is 11.9. The normalized spacial score (nSPS) is 12.4. The Balaban J connectivity index is 1.60. The first-order valence-corrected chi connectivity index (χ1v) is 8.98. The van der Waals surface area contributed by atoms with E-state index in [4.69, 9.17) is 0 Å². The molecule has 0 fully saturated rings. The molecule has 6 nitrogen and oxygen atoms in total. The average molecular weight is 417 g/mol. The summed E-state index contributed by atoms with van der Waals surface area (Å²) < 4.78 is 37.8. The molecule has 0 bridgehead atoms. The van der Waals surface area contributed by atoms with Gasteiger partial charge >= 0.3 is 6.18 Å². The molecular formula is C21H18F3N3O3. The van der Waals surface area contributed by atoms with Gasteiger partial charge in [0.15, 0.2) is 0 Å². The summed E-state index contributed by atoms with van der Waals surface area (Å²) in [4.78, 5) is 28.9. The van der Waals surface area contributed by atoms with Crippen LogP contribution in [-0.2, 0) is 17.5 Å². The second-order valence-corrected chi connectivity index (χ2v) is 6.54. The molecule has 1 unspecified atom stereocenters. The molecule has 0 aliphatic heterocycles. The van der Waals surface area contributed by atoms with Crippen LogP contribution in [0.1, 0.15) is 21.5 Å². The number of aromatic nitrogens is 1. The number of para-hydroxylation sites is 1. The summed E-state index contributed by atoms with van der Waals surface area (Å²) in [5.74, 6) is -1.25. The number of nitrogens with zero attached hydrogens (tertiary/aromatic N) is 1. The van der Waals surface area contributed by atoms with Gasteiger partial charge in [-0.1, -0.05) is 30.3 Å². The zero-order valence-corrected chi connectivity index (χ0v) is 15.6. The van der Waals surface area contributed by atoms with Crippen LogP contribution in [0, 0.1) is 0 Å². The summed E-state index contributed by atoms with van der Waals surface area (Å²) >= 11 is 0. The van der Waals surface area contributed by atoms with Crippen LogP contribution in [0.5, 0.6) is 0 Å². The van der Waals surface area contributed by atoms with Gasteiger partial charge in [-0.15, -0.1) is 0 Å². The summed E-state index contributed by atoms with van der Waals surface area (Å²) in [7, 11) is 0. The maximum absolute atomic E-state index is 12.6. The number of benzene rings is 2. The third kappa shape index (κ3) is 5.12. The van der Waals surface area contributed by atoms with Gasteiger partial charge in [-0.2, -0.15) is 13.2 Å². The maximum atomic E-state index is 12.6. The van der Waals surface area contributed by atoms with Gasteiger partial charge in [0, 0.05) is 18.1 Å². The molecule has 3 aromatic rings. The Morgan fingerprint density at radius 2 is 1.77 bits per heavy atom. The molecule has 1 atom stereocenters. The first-order chi connectivity index (χ1) is 14.3. The molecule has 2 amide bonds. The third-order valence-electron chi connectivity index (χ3n) is 4.41. The molecule has 1 aromatic heterocycles. The zero-order valence-electron chi connectivity index (χ0n) is 15.6. The van der Waals surface area contributed by atoms with Crippen molar-refractivity contribution >= 4 is 22.7 Å². The molecule has 2 aromatic carbocycles. The minimum Gasteiger partial charge on any atom is -0.394 e. The Morgan fingerprint density at radius 1 is 1.07 bits per heavy atom. The molecule has 0 radical (unpaired) electrons. The Morgan fingerprint density at radius 3 is 2.43 bits per heavy atom. The van der Waals surface area contributed by atoms with Crippen LogP contribution in [0.3, 0.4) is 0 Å². The van der Waals surface area contributed by atoms with Crippen LogP contribution >= 0.6 is 0 Å². The van der Waals surface area contributed by atoms with E-state index in [2.05, 4.69) is 15.6 Å². The Bertz CT molecular complexity index is 1050. The summed E-state index contributed by atoms with van der Waals surface area (Å²) in [5.41, 5.74) is 0.588. The van der Waals surface area contributed by atoms with Crippen LogP contribution in [0.4, 0.5) is 13.2 Å². The molecule has 0 spiro atoms. The lowest BCUT2D eigenvalue weighted by Crippen LogP contribution is -2.48. The minimum atomic E-state index is -4.44. The molecule has 3 N–H and O–H groups in total. The Kier molecular flexibility index (Phi) is 6.31. The fraction of sp³-hybridized carbons (Fsp3) is 0.190. The van der Waals surface area contributed by atoms with E-state index in [1.165, 1.54) is 18.3 Å². The monoisotopic (exact) mass is 417 g/mol. The SMILES string of the molecule is O=C(NC(CO)C(=O)NCc1ccc(C(F)(F)F)cc1)c1cnc2ccccc2c1. The van der Waals surface area contributed by atoms with Crippen molar-refractivity contribution in [2.45, 2.75) is 18.8 Å². The van der Waals surface area contributed by atoms with Crippen molar-refractivity contribution in [1.29, 1.82) is 0 Å². The number of nitrogens with one attached hydrogen (secondary N) is 2. The van der Waals surface area contributed by atoms with Crippen molar-refractivity contribution in [2.75, 3.05) is 6.61 Å². The number of fused-ring (bicyclic) bond motifs is 1. The lowest BCUT2D eigenvalue weighted by Gasteiger charge is -2.16. The van der Waals surface area contributed by atoms with E-state index in [1.54, 1.807) is 24.3 Å². The van der Waals surface area contributed by atoms with Gasteiger partial charge in [-0.25, -0.2) is 0 Å². The van der Waals surface area contributed by atoms with E-state index in [-0.39, 0.29) is 12.1 Å². The number of hydrogen-bond donors (Lipinski definition) is 3. The van der Waals surface area contributed by atoms with Gasteiger partial charge in [-0.05, 0) is 29.8 Å². The number of amides is 2. The van der Waals surface area contributed by atoms with Crippen LogP contribution in [-0.4, -0.2) is 34.6 Å². The predicted molar refractivity (Wildman–Crippen MR) is 103 cm³/mol. The fourth-order valence-corrected chi connectivity index (χ4v) is 2.75. The van der Waals surface area contributed by atoms with E-state index in [9.17, 15) is 27.9 Å². The van der Waals surface area contributed by atoms with Gasteiger partial charge in [-0.3, -0.25) is 14.6 Å². The molecule has 30 heavy (non-hydrogen) atoms. The quantitative estimate of drug-likeness (QED) is 0.575. The lowest BCUT2D eigenvalue weighted by atomic mass is 10.1. The summed E-state index contributed by atoms with van der Waals surface area (Å²) in [6.07, 6.45) is -3.07. The summed E-state index contributed by atoms with van der Waals surface area (Å²) in [6.45, 7) is -0.702. The molecular weight excluding hydrogens is 399 g/mol. The smallest absolute Gasteiger partial charge is 0.394 e. The van der Waals surface area contributed by atoms with E-state index in [0.29, 0.717) is 11.1 Å². The average Bonchev–Trinajstić information content (AvgIpc) is 2.75. The molecule has 1 heterocycles. The minimum absolute atomic E-state index is 0.0547. The van der Waals surface area contributed by atoms with E-state index < -0.39 is 36.2 Å². The fourth-order valence-electron chi connectivity index (χ4n) is 2.75. The van der Waals surface area contributed by atoms with Crippen molar-refractivity contribution in [3.63, 3.8) is 0 Å². The highest BCUT2D eigenvalue weighted by Crippen LogP contribution is 2.29. The number of carbonyl (C=O) groups is 2. The predicted octanol–water partition coefficient (Wildman–Crippen LogP) is 2.66. The van der Waals surface area contributed by atoms with Gasteiger partial charge < -0.3 is 15.7 Å². The van der Waals surface area contributed by atoms with Crippen molar-refractivity contribution in [3.05, 3.63) is 77.5 Å². The van der Waals surface area contributed by atoms with Crippen molar-refractivity contribution in [2.24, 2.45) is 0 Å². The maximum Gasteiger partial charge on any atom is 0.416 e. The topological polar surface area (TPSA) is 91.3 Å². The van der Waals surface area contributed by atoms with Gasteiger partial charge in [0.25, 0.3) is 5.91 Å². The highest BCUT2D eigenvalue weighted by Gasteiger charge is 2.30. The third-order valence-corrected chi connectivity index (χ3v) is 4.41. The van der Waals surface area contributed by atoms with Crippen LogP contribution < -0.4 is 10.6 Å². The molecule has 0 aliphatic rings. The first-order valence-electron chi connectivity index (χ1n) is 8.98. The highest BCUT2D eigenvalue weighted by molar-refractivity contribution is 5.99. The lowest BCUT2D eigenvalue weighted by molar-refractivity contribution is -0.137. The number of aliphatic hydroxyl groups is 1. The second-order valence-electron chi connectivity index (χ2n) is 6.54. The van der Waals surface area contributed by atoms with Crippen molar-refractivity contribution < 1.29 is 27.9 Å². The number of alkyl halides is 3. The van der Waals surface area contributed by atoms with Crippen LogP contribution in [0.25, 0.3) is 10.9 Å². The van der Waals surface area contributed by atoms with E-state index in [1.807, 2.05) is 6.07 Å². The number of halogens is 3. The number of pyridine rings is 1. The molecule has 0 aliphatic carbocycles. The summed E-state index contributed by atoms with van der Waals surface area (Å²) in [5, 5.41) is 15.1.